The zero-order valence-corrected chi connectivity index (χ0v) is 29.9. The largest absolute Gasteiger partial charge is 0.309 e. The van der Waals surface area contributed by atoms with Gasteiger partial charge in [0.25, 0.3) is 0 Å². The fraction of sp³-hybridized carbons (Fsp3) is 0. The highest BCUT2D eigenvalue weighted by Crippen LogP contribution is 2.40. The summed E-state index contributed by atoms with van der Waals surface area (Å²) in [5.74, 6) is 0. The molecule has 2 aromatic heterocycles. The molecular weight excluding hydrogens is 677 g/mol. The zero-order chi connectivity index (χ0) is 45.7. The third-order valence-corrected chi connectivity index (χ3v) is 10.5. The van der Waals surface area contributed by atoms with E-state index in [4.69, 9.17) is 5.48 Å². The Morgan fingerprint density at radius 3 is 1.32 bits per heavy atom. The Kier molecular flexibility index (Phi) is 5.49. The first kappa shape index (κ1) is 23.4. The molecule has 2 nitrogen and oxygen atoms in total. The number of hydrogen-bond donors (Lipinski definition) is 0. The van der Waals surface area contributed by atoms with E-state index in [1.807, 2.05) is 95.6 Å². The normalized spacial score (nSPS) is 14.1. The summed E-state index contributed by atoms with van der Waals surface area (Å²) in [5, 5.41) is 0.933. The lowest BCUT2D eigenvalue weighted by Crippen LogP contribution is -1.94. The van der Waals surface area contributed by atoms with Crippen LogP contribution in [-0.2, 0) is 0 Å². The Hall–Kier alpha value is -7.42. The SMILES string of the molecule is [2H]c1c([2H])c([2H])c2c(c1[2H])c1c([2H])c(-c3c([2H])c([2H])c4c(c3[2H])c3ccc(-c5ccccc5)cc3n4-c3ccc(-c4ccc(-c5ccccc5)cc4)cc3)c([2H])c([2H])c1n2-c1ccccc1. The van der Waals surface area contributed by atoms with Gasteiger partial charge in [0.1, 0.15) is 0 Å². The van der Waals surface area contributed by atoms with E-state index in [0.717, 1.165) is 33.4 Å². The number of rotatable bonds is 6. The minimum Gasteiger partial charge on any atom is -0.309 e. The summed E-state index contributed by atoms with van der Waals surface area (Å²) in [6.07, 6.45) is 0. The van der Waals surface area contributed by atoms with Crippen molar-refractivity contribution < 1.29 is 13.7 Å². The van der Waals surface area contributed by atoms with E-state index >= 15 is 0 Å². The molecule has 2 heterocycles. The monoisotopic (exact) mass is 722 g/mol. The van der Waals surface area contributed by atoms with Gasteiger partial charge in [-0.25, -0.2) is 0 Å². The number of para-hydroxylation sites is 2. The Morgan fingerprint density at radius 2 is 0.714 bits per heavy atom. The third-order valence-electron chi connectivity index (χ3n) is 10.5. The van der Waals surface area contributed by atoms with Gasteiger partial charge in [-0.05, 0) is 105 Å². The summed E-state index contributed by atoms with van der Waals surface area (Å²) >= 11 is 0. The predicted octanol–water partition coefficient (Wildman–Crippen LogP) is 14.5. The molecule has 2 heteroatoms. The second-order valence-corrected chi connectivity index (χ2v) is 13.8. The van der Waals surface area contributed by atoms with Crippen molar-refractivity contribution in [1.29, 1.82) is 0 Å². The van der Waals surface area contributed by atoms with Crippen LogP contribution >= 0.6 is 0 Å². The summed E-state index contributed by atoms with van der Waals surface area (Å²) < 4.78 is 96.7. The number of aromatic nitrogens is 2. The molecule has 9 aromatic carbocycles. The summed E-state index contributed by atoms with van der Waals surface area (Å²) in [4.78, 5) is 0. The molecule has 0 N–H and O–H groups in total. The molecule has 0 fully saturated rings. The van der Waals surface area contributed by atoms with Gasteiger partial charge in [-0.3, -0.25) is 0 Å². The maximum absolute atomic E-state index is 9.96. The van der Waals surface area contributed by atoms with Crippen LogP contribution < -0.4 is 0 Å². The highest BCUT2D eigenvalue weighted by atomic mass is 15.0. The van der Waals surface area contributed by atoms with Crippen LogP contribution in [0.3, 0.4) is 0 Å². The van der Waals surface area contributed by atoms with Gasteiger partial charge in [-0.2, -0.15) is 0 Å². The molecule has 0 atom stereocenters. The summed E-state index contributed by atoms with van der Waals surface area (Å²) in [5.41, 5.74) is 7.91. The maximum Gasteiger partial charge on any atom is 0.0645 e. The van der Waals surface area contributed by atoms with Crippen LogP contribution in [0.15, 0.2) is 218 Å². The first-order valence-electron chi connectivity index (χ1n) is 23.5. The van der Waals surface area contributed by atoms with Gasteiger partial charge in [0.05, 0.1) is 35.8 Å². The van der Waals surface area contributed by atoms with E-state index < -0.39 is 30.2 Å². The smallest absolute Gasteiger partial charge is 0.0645 e. The molecule has 0 aliphatic rings. The van der Waals surface area contributed by atoms with Crippen molar-refractivity contribution in [2.45, 2.75) is 0 Å². The molecule has 0 amide bonds. The van der Waals surface area contributed by atoms with Gasteiger partial charge in [-0.15, -0.1) is 0 Å². The minimum atomic E-state index is -0.518. The number of nitrogens with zero attached hydrogens (tertiary/aromatic N) is 2. The first-order valence-corrected chi connectivity index (χ1v) is 18.5. The number of benzene rings is 9. The maximum atomic E-state index is 9.96. The van der Waals surface area contributed by atoms with Crippen molar-refractivity contribution >= 4 is 43.6 Å². The van der Waals surface area contributed by atoms with Crippen molar-refractivity contribution in [2.24, 2.45) is 0 Å². The van der Waals surface area contributed by atoms with Crippen molar-refractivity contribution in [2.75, 3.05) is 0 Å². The minimum absolute atomic E-state index is 0.00740. The Morgan fingerprint density at radius 1 is 0.286 bits per heavy atom. The fourth-order valence-electron chi connectivity index (χ4n) is 7.78. The van der Waals surface area contributed by atoms with Crippen LogP contribution in [0.2, 0.25) is 0 Å². The molecule has 0 aliphatic heterocycles. The van der Waals surface area contributed by atoms with Crippen LogP contribution in [0.1, 0.15) is 13.7 Å². The number of fused-ring (bicyclic) bond motifs is 6. The molecule has 11 aromatic rings. The first-order chi connectivity index (χ1) is 32.0. The van der Waals surface area contributed by atoms with Gasteiger partial charge >= 0.3 is 0 Å². The topological polar surface area (TPSA) is 9.86 Å². The molecule has 0 spiro atoms. The molecule has 262 valence electrons. The molecule has 0 radical (unpaired) electrons. The summed E-state index contributed by atoms with van der Waals surface area (Å²) in [6, 6.07) is 47.1. The lowest BCUT2D eigenvalue weighted by atomic mass is 9.99. The Labute approximate surface area is 339 Å². The zero-order valence-electron chi connectivity index (χ0n) is 39.9. The molecule has 0 saturated heterocycles. The van der Waals surface area contributed by atoms with E-state index in [-0.39, 0.29) is 63.1 Å². The third kappa shape index (κ3) is 5.34. The number of hydrogen-bond acceptors (Lipinski definition) is 0. The van der Waals surface area contributed by atoms with Gasteiger partial charge in [-0.1, -0.05) is 158 Å². The lowest BCUT2D eigenvalue weighted by Gasteiger charge is -2.11. The van der Waals surface area contributed by atoms with E-state index in [1.54, 1.807) is 30.3 Å². The molecule has 0 saturated carbocycles. The fourth-order valence-corrected chi connectivity index (χ4v) is 7.78. The van der Waals surface area contributed by atoms with Gasteiger partial charge in [0.15, 0.2) is 0 Å². The van der Waals surface area contributed by atoms with Crippen LogP contribution in [0.5, 0.6) is 0 Å². The highest BCUT2D eigenvalue weighted by Gasteiger charge is 2.17. The molecule has 56 heavy (non-hydrogen) atoms. The lowest BCUT2D eigenvalue weighted by molar-refractivity contribution is 1.18. The van der Waals surface area contributed by atoms with E-state index in [0.29, 0.717) is 33.2 Å². The predicted molar refractivity (Wildman–Crippen MR) is 237 cm³/mol. The van der Waals surface area contributed by atoms with Crippen molar-refractivity contribution in [3.05, 3.63) is 218 Å². The van der Waals surface area contributed by atoms with Crippen molar-refractivity contribution in [3.8, 4) is 55.9 Å². The Balaban J connectivity index is 1.17. The molecule has 11 rings (SSSR count). The summed E-state index contributed by atoms with van der Waals surface area (Å²) in [7, 11) is 0. The molecule has 0 aliphatic carbocycles. The average Bonchev–Trinajstić information content (AvgIpc) is 3.90. The molecular formula is C54H36N2. The van der Waals surface area contributed by atoms with Gasteiger partial charge in [0.2, 0.25) is 0 Å². The summed E-state index contributed by atoms with van der Waals surface area (Å²) in [6.45, 7) is 0. The van der Waals surface area contributed by atoms with Crippen LogP contribution in [0.4, 0.5) is 0 Å². The van der Waals surface area contributed by atoms with Crippen LogP contribution in [0, 0.1) is 0 Å². The van der Waals surface area contributed by atoms with E-state index in [2.05, 4.69) is 36.4 Å². The van der Waals surface area contributed by atoms with Crippen molar-refractivity contribution in [3.63, 3.8) is 0 Å². The van der Waals surface area contributed by atoms with Crippen LogP contribution in [-0.4, -0.2) is 9.13 Å². The van der Waals surface area contributed by atoms with Gasteiger partial charge in [0, 0.05) is 32.9 Å². The highest BCUT2D eigenvalue weighted by molar-refractivity contribution is 6.13. The standard InChI is InChI=1S/C54H36N2/c1-4-12-37(13-5-1)39-20-22-40(23-21-39)41-24-29-46(30-25-41)56-53-33-28-43(35-50(53)48-31-26-44(36-54(48)56)38-14-6-2-7-15-38)42-27-32-52-49(34-42)47-18-10-11-19-51(47)55(52)45-16-8-3-9-17-45/h1-36H/i10D,11D,18D,19D,27D,28D,32D,33D,34D,35D. The van der Waals surface area contributed by atoms with E-state index in [1.165, 1.54) is 4.57 Å². The molecule has 0 unspecified atom stereocenters. The van der Waals surface area contributed by atoms with Crippen molar-refractivity contribution in [1.82, 2.24) is 9.13 Å². The average molecular weight is 723 g/mol. The second kappa shape index (κ2) is 13.2. The molecule has 0 bridgehead atoms. The quantitative estimate of drug-likeness (QED) is 0.162. The van der Waals surface area contributed by atoms with E-state index in [9.17, 15) is 8.22 Å². The van der Waals surface area contributed by atoms with Gasteiger partial charge < -0.3 is 9.13 Å². The Bertz CT molecular complexity index is 3770. The van der Waals surface area contributed by atoms with Crippen LogP contribution in [0.25, 0.3) is 99.5 Å². The second-order valence-electron chi connectivity index (χ2n) is 13.8.